The second kappa shape index (κ2) is 2.29. The molecule has 0 fully saturated rings. The summed E-state index contributed by atoms with van der Waals surface area (Å²) in [6.45, 7) is 0. The van der Waals surface area contributed by atoms with E-state index in [2.05, 4.69) is 10.2 Å². The zero-order valence-corrected chi connectivity index (χ0v) is 6.78. The van der Waals surface area contributed by atoms with Crippen molar-refractivity contribution in [3.05, 3.63) is 35.4 Å². The van der Waals surface area contributed by atoms with Crippen LogP contribution < -0.4 is 0 Å². The predicted octanol–water partition coefficient (Wildman–Crippen LogP) is 2.37. The molecule has 58 valence electrons. The van der Waals surface area contributed by atoms with Gasteiger partial charge < -0.3 is 0 Å². The second-order valence-electron chi connectivity index (χ2n) is 2.48. The standard InChI is InChI=1S/C8H4ClN3/c9-8(11-12-8)7-3-1-6(5-10)2-4-7/h1-4H. The van der Waals surface area contributed by atoms with E-state index in [-0.39, 0.29) is 0 Å². The Kier molecular flexibility index (Phi) is 1.39. The number of nitrogens with zero attached hydrogens (tertiary/aromatic N) is 3. The van der Waals surface area contributed by atoms with E-state index in [0.717, 1.165) is 5.56 Å². The van der Waals surface area contributed by atoms with Crippen LogP contribution in [0, 0.1) is 11.3 Å². The van der Waals surface area contributed by atoms with Gasteiger partial charge in [-0.1, -0.05) is 23.7 Å². The van der Waals surface area contributed by atoms with Crippen molar-refractivity contribution in [2.24, 2.45) is 10.2 Å². The summed E-state index contributed by atoms with van der Waals surface area (Å²) in [5.41, 5.74) is 1.42. The van der Waals surface area contributed by atoms with Crippen LogP contribution in [-0.2, 0) is 5.12 Å². The number of halogens is 1. The normalized spacial score (nSPS) is 17.0. The number of benzene rings is 1. The number of hydrogen-bond acceptors (Lipinski definition) is 3. The van der Waals surface area contributed by atoms with Crippen molar-refractivity contribution in [3.8, 4) is 6.07 Å². The Morgan fingerprint density at radius 2 is 1.83 bits per heavy atom. The van der Waals surface area contributed by atoms with Crippen LogP contribution in [0.15, 0.2) is 34.5 Å². The lowest BCUT2D eigenvalue weighted by Gasteiger charge is -1.99. The van der Waals surface area contributed by atoms with E-state index >= 15 is 0 Å². The Morgan fingerprint density at radius 3 is 2.25 bits per heavy atom. The molecule has 1 aliphatic heterocycles. The Morgan fingerprint density at radius 1 is 1.25 bits per heavy atom. The summed E-state index contributed by atoms with van der Waals surface area (Å²) in [5, 5.41) is 15.0. The van der Waals surface area contributed by atoms with Crippen molar-refractivity contribution in [3.63, 3.8) is 0 Å². The molecule has 0 atom stereocenters. The quantitative estimate of drug-likeness (QED) is 0.480. The lowest BCUT2D eigenvalue weighted by atomic mass is 10.1. The third kappa shape index (κ3) is 1.06. The molecule has 0 radical (unpaired) electrons. The number of alkyl halides is 1. The summed E-state index contributed by atoms with van der Waals surface area (Å²) in [7, 11) is 0. The highest BCUT2D eigenvalue weighted by Gasteiger charge is 2.39. The molecule has 12 heavy (non-hydrogen) atoms. The van der Waals surface area contributed by atoms with E-state index < -0.39 is 5.12 Å². The molecule has 0 amide bonds. The summed E-state index contributed by atoms with van der Waals surface area (Å²) >= 11 is 5.85. The lowest BCUT2D eigenvalue weighted by molar-refractivity contribution is 0.940. The molecule has 0 aliphatic carbocycles. The van der Waals surface area contributed by atoms with Crippen LogP contribution in [0.2, 0.25) is 0 Å². The first-order valence-electron chi connectivity index (χ1n) is 3.38. The van der Waals surface area contributed by atoms with Crippen molar-refractivity contribution < 1.29 is 0 Å². The minimum absolute atomic E-state index is 0.611. The zero-order chi connectivity index (χ0) is 8.60. The molecule has 1 heterocycles. The summed E-state index contributed by atoms with van der Waals surface area (Å²) in [5.74, 6) is 0. The average molecular weight is 178 g/mol. The Labute approximate surface area is 74.3 Å². The molecule has 1 aromatic carbocycles. The molecule has 0 saturated carbocycles. The second-order valence-corrected chi connectivity index (χ2v) is 3.00. The van der Waals surface area contributed by atoms with Crippen LogP contribution in [0.5, 0.6) is 0 Å². The molecule has 0 spiro atoms. The van der Waals surface area contributed by atoms with Gasteiger partial charge in [-0.25, -0.2) is 0 Å². The molecule has 3 nitrogen and oxygen atoms in total. The van der Waals surface area contributed by atoms with Gasteiger partial charge in [-0.15, -0.1) is 10.2 Å². The largest absolute Gasteiger partial charge is 0.289 e. The van der Waals surface area contributed by atoms with Crippen molar-refractivity contribution in [1.82, 2.24) is 0 Å². The molecule has 4 heteroatoms. The van der Waals surface area contributed by atoms with Gasteiger partial charge in [0.25, 0.3) is 5.12 Å². The van der Waals surface area contributed by atoms with Crippen molar-refractivity contribution in [1.29, 1.82) is 5.26 Å². The van der Waals surface area contributed by atoms with Gasteiger partial charge in [-0.2, -0.15) is 5.26 Å². The molecule has 0 saturated heterocycles. The molecule has 1 aromatic rings. The minimum atomic E-state index is -0.853. The third-order valence-electron chi connectivity index (χ3n) is 1.66. The van der Waals surface area contributed by atoms with Gasteiger partial charge >= 0.3 is 0 Å². The predicted molar refractivity (Wildman–Crippen MR) is 43.5 cm³/mol. The smallest absolute Gasteiger partial charge is 0.192 e. The van der Waals surface area contributed by atoms with Gasteiger partial charge in [-0.3, -0.25) is 0 Å². The highest BCUT2D eigenvalue weighted by molar-refractivity contribution is 6.24. The van der Waals surface area contributed by atoms with Crippen molar-refractivity contribution >= 4 is 11.6 Å². The highest BCUT2D eigenvalue weighted by Crippen LogP contribution is 2.43. The zero-order valence-electron chi connectivity index (χ0n) is 6.03. The fraction of sp³-hybridized carbons (Fsp3) is 0.125. The van der Waals surface area contributed by atoms with Crippen LogP contribution in [0.3, 0.4) is 0 Å². The van der Waals surface area contributed by atoms with Gasteiger partial charge in [0.15, 0.2) is 0 Å². The lowest BCUT2D eigenvalue weighted by Crippen LogP contribution is -1.96. The van der Waals surface area contributed by atoms with Gasteiger partial charge in [0.1, 0.15) is 0 Å². The number of nitriles is 1. The molecule has 2 rings (SSSR count). The van der Waals surface area contributed by atoms with E-state index in [9.17, 15) is 0 Å². The number of hydrogen-bond donors (Lipinski definition) is 0. The van der Waals surface area contributed by atoms with E-state index in [1.165, 1.54) is 0 Å². The molecule has 0 unspecified atom stereocenters. The summed E-state index contributed by atoms with van der Waals surface area (Å²) in [6, 6.07) is 8.93. The molecular formula is C8H4ClN3. The average Bonchev–Trinajstić information content (AvgIpc) is 2.85. The Bertz CT molecular complexity index is 368. The van der Waals surface area contributed by atoms with Gasteiger partial charge in [0.2, 0.25) is 0 Å². The first-order chi connectivity index (χ1) is 5.74. The van der Waals surface area contributed by atoms with Crippen LogP contribution in [0.25, 0.3) is 0 Å². The van der Waals surface area contributed by atoms with Crippen LogP contribution in [0.4, 0.5) is 0 Å². The Balaban J connectivity index is 2.33. The fourth-order valence-electron chi connectivity index (χ4n) is 0.916. The van der Waals surface area contributed by atoms with E-state index in [0.29, 0.717) is 5.56 Å². The molecular weight excluding hydrogens is 174 g/mol. The van der Waals surface area contributed by atoms with E-state index in [1.807, 2.05) is 6.07 Å². The van der Waals surface area contributed by atoms with Gasteiger partial charge in [0, 0.05) is 5.56 Å². The van der Waals surface area contributed by atoms with Crippen molar-refractivity contribution in [2.45, 2.75) is 5.12 Å². The van der Waals surface area contributed by atoms with Gasteiger partial charge in [-0.05, 0) is 12.1 Å². The van der Waals surface area contributed by atoms with E-state index in [1.54, 1.807) is 24.3 Å². The maximum absolute atomic E-state index is 8.52. The molecule has 0 aromatic heterocycles. The minimum Gasteiger partial charge on any atom is -0.192 e. The van der Waals surface area contributed by atoms with Crippen LogP contribution in [-0.4, -0.2) is 0 Å². The first-order valence-corrected chi connectivity index (χ1v) is 3.76. The van der Waals surface area contributed by atoms with E-state index in [4.69, 9.17) is 16.9 Å². The van der Waals surface area contributed by atoms with Crippen molar-refractivity contribution in [2.75, 3.05) is 0 Å². The third-order valence-corrected chi connectivity index (χ3v) is 2.03. The first kappa shape index (κ1) is 7.26. The topological polar surface area (TPSA) is 48.5 Å². The highest BCUT2D eigenvalue weighted by atomic mass is 35.5. The maximum Gasteiger partial charge on any atom is 0.289 e. The summed E-state index contributed by atoms with van der Waals surface area (Å²) < 4.78 is 0. The molecule has 0 N–H and O–H groups in total. The maximum atomic E-state index is 8.52. The van der Waals surface area contributed by atoms with Gasteiger partial charge in [0.05, 0.1) is 11.6 Å². The Hall–Kier alpha value is -1.40. The molecule has 1 aliphatic rings. The van der Waals surface area contributed by atoms with Crippen LogP contribution >= 0.6 is 11.6 Å². The molecule has 0 bridgehead atoms. The SMILES string of the molecule is N#Cc1ccc(C2(Cl)N=N2)cc1. The fourth-order valence-corrected chi connectivity index (χ4v) is 1.08. The number of rotatable bonds is 1. The summed E-state index contributed by atoms with van der Waals surface area (Å²) in [6.07, 6.45) is 0. The monoisotopic (exact) mass is 177 g/mol. The summed E-state index contributed by atoms with van der Waals surface area (Å²) in [4.78, 5) is 0. The van der Waals surface area contributed by atoms with Crippen LogP contribution in [0.1, 0.15) is 11.1 Å².